The zero-order valence-corrected chi connectivity index (χ0v) is 14.9. The van der Waals surface area contributed by atoms with E-state index < -0.39 is 10.0 Å². The summed E-state index contributed by atoms with van der Waals surface area (Å²) in [6.07, 6.45) is 1.99. The Hall–Kier alpha value is -2.54. The Morgan fingerprint density at radius 1 is 1.16 bits per heavy atom. The minimum absolute atomic E-state index is 0.156. The predicted octanol–water partition coefficient (Wildman–Crippen LogP) is 2.41. The number of nitrogens with one attached hydrogen (secondary N) is 1. The van der Waals surface area contributed by atoms with Gasteiger partial charge < -0.3 is 10.1 Å². The maximum atomic E-state index is 12.8. The average molecular weight is 360 g/mol. The Morgan fingerprint density at radius 2 is 1.84 bits per heavy atom. The third kappa shape index (κ3) is 3.76. The van der Waals surface area contributed by atoms with Crippen LogP contribution in [-0.2, 0) is 10.0 Å². The van der Waals surface area contributed by atoms with Crippen molar-refractivity contribution in [1.29, 1.82) is 0 Å². The van der Waals surface area contributed by atoms with Crippen LogP contribution in [0.1, 0.15) is 23.2 Å². The van der Waals surface area contributed by atoms with Gasteiger partial charge in [-0.05, 0) is 55.3 Å². The number of methoxy groups -OCH3 is 1. The molecule has 0 aromatic heterocycles. The molecule has 0 heterocycles. The van der Waals surface area contributed by atoms with E-state index >= 15 is 0 Å². The van der Waals surface area contributed by atoms with Crippen LogP contribution >= 0.6 is 0 Å². The lowest BCUT2D eigenvalue weighted by Gasteiger charge is -2.20. The monoisotopic (exact) mass is 360 g/mol. The molecule has 3 rings (SSSR count). The molecule has 0 spiro atoms. The van der Waals surface area contributed by atoms with Gasteiger partial charge >= 0.3 is 0 Å². The van der Waals surface area contributed by atoms with Crippen LogP contribution in [0.2, 0.25) is 0 Å². The molecule has 2 aromatic carbocycles. The third-order valence-corrected chi connectivity index (χ3v) is 5.90. The molecule has 1 fully saturated rings. The quantitative estimate of drug-likeness (QED) is 0.858. The van der Waals surface area contributed by atoms with Gasteiger partial charge in [0.05, 0.1) is 17.7 Å². The van der Waals surface area contributed by atoms with Gasteiger partial charge in [0.25, 0.3) is 15.9 Å². The Labute approximate surface area is 147 Å². The Balaban J connectivity index is 1.85. The van der Waals surface area contributed by atoms with Crippen molar-refractivity contribution in [3.05, 3.63) is 54.1 Å². The van der Waals surface area contributed by atoms with Crippen molar-refractivity contribution in [2.45, 2.75) is 23.8 Å². The standard InChI is InChI=1S/C18H20N2O4S/c1-20(25(22,23)17-10-8-16(24-2)9-11-17)15-5-3-4-13(12-15)18(21)19-14-6-7-14/h3-5,8-12,14H,6-7H2,1-2H3,(H,19,21). The molecule has 1 amide bonds. The van der Waals surface area contributed by atoms with Crippen LogP contribution in [-0.4, -0.2) is 34.5 Å². The normalized spacial score (nSPS) is 14.0. The first kappa shape index (κ1) is 17.3. The zero-order valence-electron chi connectivity index (χ0n) is 14.1. The molecule has 0 aliphatic heterocycles. The lowest BCUT2D eigenvalue weighted by Crippen LogP contribution is -2.28. The highest BCUT2D eigenvalue weighted by Gasteiger charge is 2.25. The minimum atomic E-state index is -3.72. The number of carbonyl (C=O) groups is 1. The summed E-state index contributed by atoms with van der Waals surface area (Å²) < 4.78 is 31.8. The van der Waals surface area contributed by atoms with Crippen LogP contribution in [0, 0.1) is 0 Å². The molecule has 6 nitrogen and oxygen atoms in total. The van der Waals surface area contributed by atoms with Crippen LogP contribution in [0.25, 0.3) is 0 Å². The molecular weight excluding hydrogens is 340 g/mol. The Morgan fingerprint density at radius 3 is 2.44 bits per heavy atom. The van der Waals surface area contributed by atoms with Gasteiger partial charge in [0.15, 0.2) is 0 Å². The first-order valence-electron chi connectivity index (χ1n) is 7.96. The van der Waals surface area contributed by atoms with Crippen molar-refractivity contribution in [2.24, 2.45) is 0 Å². The molecule has 132 valence electrons. The number of hydrogen-bond donors (Lipinski definition) is 1. The molecule has 1 saturated carbocycles. The van der Waals surface area contributed by atoms with Gasteiger partial charge in [-0.1, -0.05) is 6.07 Å². The summed E-state index contributed by atoms with van der Waals surface area (Å²) >= 11 is 0. The van der Waals surface area contributed by atoms with Crippen LogP contribution in [0.3, 0.4) is 0 Å². The Bertz CT molecular complexity index is 874. The van der Waals surface area contributed by atoms with E-state index in [2.05, 4.69) is 5.32 Å². The van der Waals surface area contributed by atoms with Gasteiger partial charge in [-0.25, -0.2) is 8.42 Å². The molecule has 0 bridgehead atoms. The fourth-order valence-corrected chi connectivity index (χ4v) is 3.57. The highest BCUT2D eigenvalue weighted by molar-refractivity contribution is 7.92. The predicted molar refractivity (Wildman–Crippen MR) is 95.5 cm³/mol. The third-order valence-electron chi connectivity index (χ3n) is 4.10. The molecule has 1 aliphatic carbocycles. The number of sulfonamides is 1. The lowest BCUT2D eigenvalue weighted by molar-refractivity contribution is 0.0951. The zero-order chi connectivity index (χ0) is 18.0. The molecule has 2 aromatic rings. The summed E-state index contributed by atoms with van der Waals surface area (Å²) in [5, 5.41) is 2.90. The van der Waals surface area contributed by atoms with Crippen molar-refractivity contribution >= 4 is 21.6 Å². The largest absolute Gasteiger partial charge is 0.497 e. The van der Waals surface area contributed by atoms with E-state index in [-0.39, 0.29) is 16.8 Å². The summed E-state index contributed by atoms with van der Waals surface area (Å²) in [6.45, 7) is 0. The van der Waals surface area contributed by atoms with Gasteiger partial charge in [0.2, 0.25) is 0 Å². The van der Waals surface area contributed by atoms with Crippen molar-refractivity contribution < 1.29 is 17.9 Å². The average Bonchev–Trinajstić information content (AvgIpc) is 3.45. The second kappa shape index (κ2) is 6.76. The molecule has 7 heteroatoms. The summed E-state index contributed by atoms with van der Waals surface area (Å²) in [7, 11) is -0.733. The van der Waals surface area contributed by atoms with Gasteiger partial charge in [0.1, 0.15) is 5.75 Å². The number of amides is 1. The first-order chi connectivity index (χ1) is 11.9. The van der Waals surface area contributed by atoms with Crippen molar-refractivity contribution in [1.82, 2.24) is 5.32 Å². The number of rotatable bonds is 6. The molecule has 1 N–H and O–H groups in total. The van der Waals surface area contributed by atoms with E-state index in [1.165, 1.54) is 30.6 Å². The van der Waals surface area contributed by atoms with Crippen LogP contribution in [0.5, 0.6) is 5.75 Å². The van der Waals surface area contributed by atoms with Crippen molar-refractivity contribution in [2.75, 3.05) is 18.5 Å². The topological polar surface area (TPSA) is 75.7 Å². The maximum absolute atomic E-state index is 12.8. The molecule has 25 heavy (non-hydrogen) atoms. The fraction of sp³-hybridized carbons (Fsp3) is 0.278. The van der Waals surface area contributed by atoms with Gasteiger partial charge in [0, 0.05) is 18.7 Å². The summed E-state index contributed by atoms with van der Waals surface area (Å²) in [5.41, 5.74) is 0.875. The summed E-state index contributed by atoms with van der Waals surface area (Å²) in [4.78, 5) is 12.3. The molecule has 1 aliphatic rings. The van der Waals surface area contributed by atoms with Gasteiger partial charge in [-0.2, -0.15) is 0 Å². The van der Waals surface area contributed by atoms with E-state index in [0.29, 0.717) is 17.0 Å². The fourth-order valence-electron chi connectivity index (χ4n) is 2.38. The highest BCUT2D eigenvalue weighted by atomic mass is 32.2. The van der Waals surface area contributed by atoms with Gasteiger partial charge in [-0.3, -0.25) is 9.10 Å². The van der Waals surface area contributed by atoms with E-state index in [0.717, 1.165) is 12.8 Å². The number of carbonyl (C=O) groups excluding carboxylic acids is 1. The molecular formula is C18H20N2O4S. The number of hydrogen-bond acceptors (Lipinski definition) is 4. The van der Waals surface area contributed by atoms with Crippen LogP contribution < -0.4 is 14.4 Å². The van der Waals surface area contributed by atoms with Crippen LogP contribution in [0.4, 0.5) is 5.69 Å². The number of ether oxygens (including phenoxy) is 1. The van der Waals surface area contributed by atoms with Crippen LogP contribution in [0.15, 0.2) is 53.4 Å². The second-order valence-corrected chi connectivity index (χ2v) is 7.92. The molecule has 0 saturated heterocycles. The van der Waals surface area contributed by atoms with Crippen molar-refractivity contribution in [3.8, 4) is 5.75 Å². The summed E-state index contributed by atoms with van der Waals surface area (Å²) in [5.74, 6) is 0.403. The second-order valence-electron chi connectivity index (χ2n) is 5.95. The van der Waals surface area contributed by atoms with E-state index in [1.807, 2.05) is 0 Å². The minimum Gasteiger partial charge on any atom is -0.497 e. The van der Waals surface area contributed by atoms with E-state index in [9.17, 15) is 13.2 Å². The Kier molecular flexibility index (Phi) is 4.67. The van der Waals surface area contributed by atoms with Crippen molar-refractivity contribution in [3.63, 3.8) is 0 Å². The van der Waals surface area contributed by atoms with E-state index in [1.54, 1.807) is 36.4 Å². The smallest absolute Gasteiger partial charge is 0.264 e. The molecule has 0 unspecified atom stereocenters. The molecule has 0 radical (unpaired) electrons. The van der Waals surface area contributed by atoms with E-state index in [4.69, 9.17) is 4.74 Å². The number of nitrogens with zero attached hydrogens (tertiary/aromatic N) is 1. The lowest BCUT2D eigenvalue weighted by atomic mass is 10.2. The summed E-state index contributed by atoms with van der Waals surface area (Å²) in [6, 6.07) is 13.0. The number of benzene rings is 2. The highest BCUT2D eigenvalue weighted by Crippen LogP contribution is 2.25. The first-order valence-corrected chi connectivity index (χ1v) is 9.40. The number of anilines is 1. The molecule has 0 atom stereocenters. The maximum Gasteiger partial charge on any atom is 0.264 e. The van der Waals surface area contributed by atoms with Gasteiger partial charge in [-0.15, -0.1) is 0 Å². The SMILES string of the molecule is COc1ccc(S(=O)(=O)N(C)c2cccc(C(=O)NC3CC3)c2)cc1.